The fourth-order valence-corrected chi connectivity index (χ4v) is 5.06. The van der Waals surface area contributed by atoms with E-state index in [-0.39, 0.29) is 28.9 Å². The number of anilines is 1. The van der Waals surface area contributed by atoms with Gasteiger partial charge in [-0.15, -0.1) is 0 Å². The number of aryl methyl sites for hydroxylation is 1. The molecule has 10 heteroatoms. The van der Waals surface area contributed by atoms with Crippen LogP contribution in [0, 0.1) is 16.7 Å². The molecular formula is C22H24BIN2O5S. The first-order valence-corrected chi connectivity index (χ1v) is 14.2. The fourth-order valence-electron chi connectivity index (χ4n) is 3.31. The molecule has 0 aliphatic carbocycles. The van der Waals surface area contributed by atoms with E-state index in [0.29, 0.717) is 31.7 Å². The molecule has 1 amide bonds. The maximum absolute atomic E-state index is 12.3. The maximum Gasteiger partial charge on any atom is 0.493 e. The van der Waals surface area contributed by atoms with Gasteiger partial charge in [-0.1, -0.05) is 38.1 Å². The smallest absolute Gasteiger partial charge is 0.407 e. The largest absolute Gasteiger partial charge is 0.493 e. The third-order valence-electron chi connectivity index (χ3n) is 5.02. The van der Waals surface area contributed by atoms with Crippen molar-refractivity contribution in [2.75, 3.05) is 18.5 Å². The zero-order valence-corrected chi connectivity index (χ0v) is 20.9. The zero-order valence-electron chi connectivity index (χ0n) is 17.9. The molecule has 3 rings (SSSR count). The molecule has 1 heterocycles. The number of benzene rings is 2. The molecule has 1 fully saturated rings. The lowest BCUT2D eigenvalue weighted by molar-refractivity contribution is -0.116. The monoisotopic (exact) mass is 566 g/mol. The van der Waals surface area contributed by atoms with Crippen molar-refractivity contribution < 1.29 is 22.5 Å². The highest BCUT2D eigenvalue weighted by molar-refractivity contribution is 14.2. The van der Waals surface area contributed by atoms with E-state index in [1.54, 1.807) is 0 Å². The Balaban J connectivity index is 1.48. The van der Waals surface area contributed by atoms with Crippen LogP contribution in [-0.2, 0) is 27.5 Å². The van der Waals surface area contributed by atoms with E-state index in [2.05, 4.69) is 19.2 Å². The van der Waals surface area contributed by atoms with Gasteiger partial charge in [0.05, 0.1) is 31.7 Å². The van der Waals surface area contributed by atoms with Crippen LogP contribution in [0.2, 0.25) is 0 Å². The van der Waals surface area contributed by atoms with Crippen LogP contribution in [0.5, 0.6) is 0 Å². The van der Waals surface area contributed by atoms with Crippen LogP contribution in [-0.4, -0.2) is 34.7 Å². The first kappa shape index (κ1) is 24.7. The average Bonchev–Trinajstić information content (AvgIpc) is 2.73. The minimum atomic E-state index is -3.53. The van der Waals surface area contributed by atoms with Crippen LogP contribution < -0.4 is 10.8 Å². The lowest BCUT2D eigenvalue weighted by Crippen LogP contribution is -2.47. The Morgan fingerprint density at radius 2 is 1.84 bits per heavy atom. The molecule has 1 aliphatic rings. The van der Waals surface area contributed by atoms with Gasteiger partial charge in [0.25, 0.3) is 0 Å². The summed E-state index contributed by atoms with van der Waals surface area (Å²) >= 11 is 1.29. The molecule has 0 radical (unpaired) electrons. The molecule has 1 aliphatic heterocycles. The van der Waals surface area contributed by atoms with Crippen molar-refractivity contribution in [2.45, 2.75) is 38.0 Å². The quantitative estimate of drug-likeness (QED) is 0.313. The van der Waals surface area contributed by atoms with Gasteiger partial charge in [-0.3, -0.25) is 4.79 Å². The van der Waals surface area contributed by atoms with Gasteiger partial charge >= 0.3 is 7.12 Å². The summed E-state index contributed by atoms with van der Waals surface area (Å²) in [6.07, 6.45) is 1.70. The molecule has 1 N–H and O–H groups in total. The van der Waals surface area contributed by atoms with Gasteiger partial charge in [-0.05, 0) is 42.1 Å². The van der Waals surface area contributed by atoms with Crippen LogP contribution >= 0.6 is 21.2 Å². The second-order valence-corrected chi connectivity index (χ2v) is 13.3. The molecule has 168 valence electrons. The van der Waals surface area contributed by atoms with E-state index in [0.717, 1.165) is 17.4 Å². The average molecular weight is 566 g/mol. The normalized spacial score (nSPS) is 15.8. The second-order valence-electron chi connectivity index (χ2n) is 8.52. The summed E-state index contributed by atoms with van der Waals surface area (Å²) in [6, 6.07) is 14.1. The molecule has 0 bridgehead atoms. The number of hydrogen-bond acceptors (Lipinski definition) is 6. The molecule has 32 heavy (non-hydrogen) atoms. The van der Waals surface area contributed by atoms with Crippen LogP contribution in [0.1, 0.15) is 37.8 Å². The summed E-state index contributed by atoms with van der Waals surface area (Å²) in [7, 11) is -3.87. The molecule has 0 aromatic heterocycles. The first-order chi connectivity index (χ1) is 15.1. The summed E-state index contributed by atoms with van der Waals surface area (Å²) in [6.45, 7) is 5.52. The lowest BCUT2D eigenvalue weighted by Gasteiger charge is -2.33. The SMILES string of the molecule is CC1(C)COB(c2ccc(CCCC(=O)Nc3ccc(S(=O)(=O)I)c(C#N)c3)cc2)OC1. The second kappa shape index (κ2) is 10.3. The number of nitrogens with zero attached hydrogens (tertiary/aromatic N) is 1. The Kier molecular flexibility index (Phi) is 7.98. The van der Waals surface area contributed by atoms with Crippen molar-refractivity contribution in [1.29, 1.82) is 5.26 Å². The van der Waals surface area contributed by atoms with Gasteiger partial charge in [0.15, 0.2) is 0 Å². The molecule has 0 unspecified atom stereocenters. The highest BCUT2D eigenvalue weighted by Gasteiger charge is 2.33. The van der Waals surface area contributed by atoms with Crippen LogP contribution in [0.25, 0.3) is 0 Å². The number of amides is 1. The zero-order chi connectivity index (χ0) is 23.4. The van der Waals surface area contributed by atoms with E-state index < -0.39 is 7.01 Å². The molecule has 0 atom stereocenters. The van der Waals surface area contributed by atoms with Crippen molar-refractivity contribution >= 4 is 52.4 Å². The summed E-state index contributed by atoms with van der Waals surface area (Å²) in [5, 5.41) is 11.9. The molecule has 2 aromatic carbocycles. The summed E-state index contributed by atoms with van der Waals surface area (Å²) in [5.74, 6) is -0.192. The summed E-state index contributed by atoms with van der Waals surface area (Å²) < 4.78 is 35.0. The van der Waals surface area contributed by atoms with Crippen molar-refractivity contribution in [3.63, 3.8) is 0 Å². The molecule has 0 spiro atoms. The minimum absolute atomic E-state index is 0.00628. The van der Waals surface area contributed by atoms with Crippen molar-refractivity contribution in [3.05, 3.63) is 53.6 Å². The number of halogens is 1. The predicted octanol–water partition coefficient (Wildman–Crippen LogP) is 3.41. The van der Waals surface area contributed by atoms with E-state index in [1.807, 2.05) is 30.3 Å². The maximum atomic E-state index is 12.3. The standard InChI is InChI=1S/C22H24BIN2O5S/c1-22(2)14-30-23(31-15-22)18-8-6-16(7-9-18)4-3-5-21(27)26-19-10-11-20(32(24,28)29)17(12-19)13-25/h6-12H,3-5,14-15H2,1-2H3,(H,26,27). The van der Waals surface area contributed by atoms with Gasteiger partial charge in [0, 0.05) is 30.7 Å². The van der Waals surface area contributed by atoms with Gasteiger partial charge in [0.2, 0.25) is 12.9 Å². The number of nitrogens with one attached hydrogen (secondary N) is 1. The van der Waals surface area contributed by atoms with Gasteiger partial charge in [0.1, 0.15) is 6.07 Å². The van der Waals surface area contributed by atoms with E-state index in [1.165, 1.54) is 39.4 Å². The summed E-state index contributed by atoms with van der Waals surface area (Å²) in [5.41, 5.74) is 2.53. The van der Waals surface area contributed by atoms with E-state index in [4.69, 9.17) is 9.31 Å². The fraction of sp³-hybridized carbons (Fsp3) is 0.364. The van der Waals surface area contributed by atoms with Crippen molar-refractivity contribution in [3.8, 4) is 6.07 Å². The molecular weight excluding hydrogens is 542 g/mol. The Labute approximate surface area is 201 Å². The number of rotatable bonds is 7. The van der Waals surface area contributed by atoms with Crippen LogP contribution in [0.3, 0.4) is 0 Å². The third kappa shape index (κ3) is 6.78. The highest BCUT2D eigenvalue weighted by Crippen LogP contribution is 2.25. The van der Waals surface area contributed by atoms with Crippen molar-refractivity contribution in [1.82, 2.24) is 0 Å². The number of hydrogen-bond donors (Lipinski definition) is 1. The van der Waals surface area contributed by atoms with Gasteiger partial charge in [-0.2, -0.15) is 5.26 Å². The lowest BCUT2D eigenvalue weighted by atomic mass is 9.75. The van der Waals surface area contributed by atoms with E-state index in [9.17, 15) is 18.5 Å². The topological polar surface area (TPSA) is 105 Å². The molecule has 2 aromatic rings. The third-order valence-corrected chi connectivity index (χ3v) is 7.32. The first-order valence-electron chi connectivity index (χ1n) is 10.2. The van der Waals surface area contributed by atoms with E-state index >= 15 is 0 Å². The Morgan fingerprint density at radius 1 is 1.19 bits per heavy atom. The highest BCUT2D eigenvalue weighted by atomic mass is 127. The molecule has 0 saturated carbocycles. The van der Waals surface area contributed by atoms with Crippen molar-refractivity contribution in [2.24, 2.45) is 5.41 Å². The number of carbonyl (C=O) groups excluding carboxylic acids is 1. The van der Waals surface area contributed by atoms with Crippen LogP contribution in [0.4, 0.5) is 5.69 Å². The number of carbonyl (C=O) groups is 1. The number of nitriles is 1. The Morgan fingerprint density at radius 3 is 2.44 bits per heavy atom. The Hall–Kier alpha value is -1.94. The van der Waals surface area contributed by atoms with Gasteiger partial charge < -0.3 is 14.6 Å². The molecule has 1 saturated heterocycles. The minimum Gasteiger partial charge on any atom is -0.407 e. The Bertz CT molecular complexity index is 1120. The van der Waals surface area contributed by atoms with Gasteiger partial charge in [-0.25, -0.2) is 8.42 Å². The molecule has 7 nitrogen and oxygen atoms in total. The predicted molar refractivity (Wildman–Crippen MR) is 131 cm³/mol. The van der Waals surface area contributed by atoms with Crippen LogP contribution in [0.15, 0.2) is 47.4 Å². The summed E-state index contributed by atoms with van der Waals surface area (Å²) in [4.78, 5) is 12.2.